The molecular weight excluding hydrogens is 438 g/mol. The molecule has 1 aromatic heterocycles. The maximum atomic E-state index is 12.2. The van der Waals surface area contributed by atoms with Crippen LogP contribution in [-0.2, 0) is 13.2 Å². The highest BCUT2D eigenvalue weighted by atomic mass is 79.9. The molecule has 152 valence electrons. The van der Waals surface area contributed by atoms with Gasteiger partial charge in [-0.05, 0) is 44.4 Å². The Morgan fingerprint density at radius 1 is 0.767 bits per heavy atom. The van der Waals surface area contributed by atoms with Gasteiger partial charge in [0, 0.05) is 54.8 Å². The van der Waals surface area contributed by atoms with Crippen LogP contribution in [0.5, 0.6) is 0 Å². The number of pyridine rings is 1. The van der Waals surface area contributed by atoms with Gasteiger partial charge in [-0.2, -0.15) is 0 Å². The van der Waals surface area contributed by atoms with E-state index in [-0.39, 0.29) is 5.43 Å². The highest BCUT2D eigenvalue weighted by molar-refractivity contribution is 9.10. The van der Waals surface area contributed by atoms with E-state index in [2.05, 4.69) is 72.8 Å². The summed E-state index contributed by atoms with van der Waals surface area (Å²) in [7, 11) is 0. The van der Waals surface area contributed by atoms with E-state index in [0.717, 1.165) is 54.8 Å². The van der Waals surface area contributed by atoms with E-state index < -0.39 is 0 Å². The van der Waals surface area contributed by atoms with Crippen molar-refractivity contribution in [1.29, 1.82) is 0 Å². The second-order valence-corrected chi connectivity index (χ2v) is 8.81. The molecule has 1 aliphatic heterocycles. The molecule has 0 saturated carbocycles. The monoisotopic (exact) mass is 461 g/mol. The molecule has 0 N–H and O–H groups in total. The predicted octanol–water partition coefficient (Wildman–Crippen LogP) is 4.69. The van der Waals surface area contributed by atoms with Crippen molar-refractivity contribution in [3.05, 3.63) is 93.2 Å². The van der Waals surface area contributed by atoms with Gasteiger partial charge < -0.3 is 4.57 Å². The van der Waals surface area contributed by atoms with Crippen LogP contribution in [0, 0.1) is 0 Å². The largest absolute Gasteiger partial charge is 0.333 e. The molecule has 3 aromatic carbocycles. The van der Waals surface area contributed by atoms with Crippen LogP contribution < -0.4 is 5.43 Å². The fourth-order valence-electron chi connectivity index (χ4n) is 4.42. The van der Waals surface area contributed by atoms with Crippen molar-refractivity contribution >= 4 is 37.6 Å². The number of piperazine rings is 1. The first kappa shape index (κ1) is 19.5. The Balaban J connectivity index is 1.29. The SMILES string of the molecule is O=c1ccn(CN2CCN(Cc3cccc4ccccc34)CC2)c2c(Br)cccc12. The maximum absolute atomic E-state index is 12.2. The van der Waals surface area contributed by atoms with Crippen LogP contribution in [0.2, 0.25) is 0 Å². The lowest BCUT2D eigenvalue weighted by Crippen LogP contribution is -2.46. The molecule has 2 heterocycles. The van der Waals surface area contributed by atoms with Crippen molar-refractivity contribution in [2.75, 3.05) is 26.2 Å². The van der Waals surface area contributed by atoms with Gasteiger partial charge in [0.25, 0.3) is 0 Å². The van der Waals surface area contributed by atoms with E-state index in [1.807, 2.05) is 24.4 Å². The molecule has 1 fully saturated rings. The first-order valence-electron chi connectivity index (χ1n) is 10.4. The molecule has 0 spiro atoms. The molecule has 5 heteroatoms. The van der Waals surface area contributed by atoms with Crippen LogP contribution >= 0.6 is 15.9 Å². The summed E-state index contributed by atoms with van der Waals surface area (Å²) >= 11 is 3.63. The summed E-state index contributed by atoms with van der Waals surface area (Å²) in [5, 5.41) is 3.43. The van der Waals surface area contributed by atoms with Gasteiger partial charge in [-0.3, -0.25) is 14.6 Å². The molecule has 1 saturated heterocycles. The minimum atomic E-state index is 0.0717. The smallest absolute Gasteiger partial charge is 0.189 e. The fourth-order valence-corrected chi connectivity index (χ4v) is 5.02. The van der Waals surface area contributed by atoms with Crippen molar-refractivity contribution in [2.45, 2.75) is 13.2 Å². The summed E-state index contributed by atoms with van der Waals surface area (Å²) in [5.41, 5.74) is 2.45. The highest BCUT2D eigenvalue weighted by Gasteiger charge is 2.18. The van der Waals surface area contributed by atoms with Crippen LogP contribution in [0.25, 0.3) is 21.7 Å². The van der Waals surface area contributed by atoms with Crippen LogP contribution in [-0.4, -0.2) is 40.5 Å². The van der Waals surface area contributed by atoms with Gasteiger partial charge in [0.2, 0.25) is 0 Å². The third-order valence-corrected chi connectivity index (χ3v) is 6.68. The van der Waals surface area contributed by atoms with E-state index in [4.69, 9.17) is 0 Å². The average Bonchev–Trinajstić information content (AvgIpc) is 2.77. The minimum Gasteiger partial charge on any atom is -0.333 e. The molecule has 0 atom stereocenters. The van der Waals surface area contributed by atoms with Crippen LogP contribution in [0.15, 0.2) is 82.2 Å². The molecule has 0 aliphatic carbocycles. The predicted molar refractivity (Wildman–Crippen MR) is 127 cm³/mol. The Bertz CT molecular complexity index is 1250. The Kier molecular flexibility index (Phi) is 5.42. The number of rotatable bonds is 4. The van der Waals surface area contributed by atoms with Gasteiger partial charge in [-0.25, -0.2) is 0 Å². The van der Waals surface area contributed by atoms with Gasteiger partial charge in [-0.1, -0.05) is 48.5 Å². The zero-order valence-electron chi connectivity index (χ0n) is 16.8. The molecule has 0 unspecified atom stereocenters. The number of nitrogens with zero attached hydrogens (tertiary/aromatic N) is 3. The Morgan fingerprint density at radius 3 is 2.33 bits per heavy atom. The summed E-state index contributed by atoms with van der Waals surface area (Å²) in [4.78, 5) is 17.2. The summed E-state index contributed by atoms with van der Waals surface area (Å²) in [5.74, 6) is 0. The summed E-state index contributed by atoms with van der Waals surface area (Å²) in [6.45, 7) is 5.90. The Hall–Kier alpha value is -2.47. The number of aromatic nitrogens is 1. The van der Waals surface area contributed by atoms with E-state index in [1.165, 1.54) is 16.3 Å². The molecule has 30 heavy (non-hydrogen) atoms. The van der Waals surface area contributed by atoms with E-state index >= 15 is 0 Å². The molecule has 1 aliphatic rings. The quantitative estimate of drug-likeness (QED) is 0.441. The standard InChI is InChI=1S/C25H24BrN3O/c26-23-10-4-9-22-24(30)11-12-29(25(22)23)18-28-15-13-27(14-16-28)17-20-7-3-6-19-5-1-2-8-21(19)20/h1-12H,13-18H2. The minimum absolute atomic E-state index is 0.0717. The number of hydrogen-bond acceptors (Lipinski definition) is 3. The van der Waals surface area contributed by atoms with Crippen molar-refractivity contribution in [3.8, 4) is 0 Å². The highest BCUT2D eigenvalue weighted by Crippen LogP contribution is 2.23. The first-order chi connectivity index (χ1) is 14.7. The van der Waals surface area contributed by atoms with Crippen molar-refractivity contribution in [3.63, 3.8) is 0 Å². The maximum Gasteiger partial charge on any atom is 0.189 e. The summed E-state index contributed by atoms with van der Waals surface area (Å²) in [6, 6.07) is 22.7. The summed E-state index contributed by atoms with van der Waals surface area (Å²) < 4.78 is 3.15. The number of hydrogen-bond donors (Lipinski definition) is 0. The molecule has 5 rings (SSSR count). The lowest BCUT2D eigenvalue weighted by molar-refractivity contribution is 0.104. The molecular formula is C25H24BrN3O. The Labute approximate surface area is 184 Å². The van der Waals surface area contributed by atoms with Gasteiger partial charge in [0.1, 0.15) is 0 Å². The second kappa shape index (κ2) is 8.34. The molecule has 0 amide bonds. The lowest BCUT2D eigenvalue weighted by Gasteiger charge is -2.35. The zero-order valence-corrected chi connectivity index (χ0v) is 18.4. The van der Waals surface area contributed by atoms with Crippen molar-refractivity contribution < 1.29 is 0 Å². The topological polar surface area (TPSA) is 28.5 Å². The van der Waals surface area contributed by atoms with Crippen LogP contribution in [0.1, 0.15) is 5.56 Å². The molecule has 0 radical (unpaired) electrons. The van der Waals surface area contributed by atoms with E-state index in [1.54, 1.807) is 6.07 Å². The third-order valence-electron chi connectivity index (χ3n) is 6.04. The van der Waals surface area contributed by atoms with Crippen LogP contribution in [0.3, 0.4) is 0 Å². The van der Waals surface area contributed by atoms with Gasteiger partial charge in [0.05, 0.1) is 12.2 Å². The lowest BCUT2D eigenvalue weighted by atomic mass is 10.0. The average molecular weight is 462 g/mol. The number of fused-ring (bicyclic) bond motifs is 2. The molecule has 0 bridgehead atoms. The Morgan fingerprint density at radius 2 is 1.47 bits per heavy atom. The van der Waals surface area contributed by atoms with Gasteiger partial charge >= 0.3 is 0 Å². The van der Waals surface area contributed by atoms with Gasteiger partial charge in [-0.15, -0.1) is 0 Å². The number of benzene rings is 3. The van der Waals surface area contributed by atoms with E-state index in [9.17, 15) is 4.79 Å². The molecule has 4 aromatic rings. The van der Waals surface area contributed by atoms with Crippen LogP contribution in [0.4, 0.5) is 0 Å². The van der Waals surface area contributed by atoms with Crippen molar-refractivity contribution in [2.24, 2.45) is 0 Å². The number of para-hydroxylation sites is 1. The second-order valence-electron chi connectivity index (χ2n) is 7.96. The summed E-state index contributed by atoms with van der Waals surface area (Å²) in [6.07, 6.45) is 1.91. The molecule has 4 nitrogen and oxygen atoms in total. The van der Waals surface area contributed by atoms with Gasteiger partial charge in [0.15, 0.2) is 5.43 Å². The third kappa shape index (κ3) is 3.81. The first-order valence-corrected chi connectivity index (χ1v) is 11.2. The fraction of sp³-hybridized carbons (Fsp3) is 0.240. The van der Waals surface area contributed by atoms with Crippen molar-refractivity contribution in [1.82, 2.24) is 14.4 Å². The van der Waals surface area contributed by atoms with E-state index in [0.29, 0.717) is 0 Å². The number of halogens is 1. The normalized spacial score (nSPS) is 15.8. The zero-order chi connectivity index (χ0) is 20.5.